The maximum absolute atomic E-state index is 14.5. The predicted octanol–water partition coefficient (Wildman–Crippen LogP) is 5.84. The normalized spacial score (nSPS) is 14.0. The summed E-state index contributed by atoms with van der Waals surface area (Å²) < 4.78 is 60.1. The molecule has 0 spiro atoms. The van der Waals surface area contributed by atoms with Gasteiger partial charge in [0, 0.05) is 31.7 Å². The number of alkyl halides is 3. The number of benzene rings is 3. The number of hydrogen-bond donors (Lipinski definition) is 1. The third-order valence-corrected chi connectivity index (χ3v) is 10.4. The monoisotopic (exact) mass is 843 g/mol. The molecule has 2 aliphatic rings. The molecule has 5 heterocycles. The van der Waals surface area contributed by atoms with Crippen molar-refractivity contribution in [3.05, 3.63) is 117 Å². The van der Waals surface area contributed by atoms with Crippen molar-refractivity contribution in [2.75, 3.05) is 49.6 Å². The van der Waals surface area contributed by atoms with Crippen LogP contribution >= 0.6 is 11.6 Å². The zero-order valence-corrected chi connectivity index (χ0v) is 33.1. The largest absolute Gasteiger partial charge is 0.486 e. The molecular weight excluding hydrogens is 807 g/mol. The van der Waals surface area contributed by atoms with E-state index in [0.717, 1.165) is 28.3 Å². The number of halogens is 4. The summed E-state index contributed by atoms with van der Waals surface area (Å²) in [4.78, 5) is 58.9. The zero-order valence-electron chi connectivity index (χ0n) is 32.3. The summed E-state index contributed by atoms with van der Waals surface area (Å²) in [6, 6.07) is 17.3. The lowest BCUT2D eigenvalue weighted by Crippen LogP contribution is -2.51. The van der Waals surface area contributed by atoms with Gasteiger partial charge in [0.25, 0.3) is 11.5 Å². The lowest BCUT2D eigenvalue weighted by Gasteiger charge is -2.36. The highest BCUT2D eigenvalue weighted by molar-refractivity contribution is 6.33. The molecule has 15 nitrogen and oxygen atoms in total. The molecule has 2 amide bonds. The van der Waals surface area contributed by atoms with Crippen LogP contribution in [0.5, 0.6) is 17.2 Å². The minimum Gasteiger partial charge on any atom is -0.486 e. The molecule has 1 fully saturated rings. The Hall–Kier alpha value is -6.69. The van der Waals surface area contributed by atoms with Crippen LogP contribution in [0.25, 0.3) is 17.2 Å². The van der Waals surface area contributed by atoms with Gasteiger partial charge in [-0.3, -0.25) is 14.4 Å². The van der Waals surface area contributed by atoms with Crippen LogP contribution < -0.4 is 30.0 Å². The fourth-order valence-electron chi connectivity index (χ4n) is 7.16. The Morgan fingerprint density at radius 3 is 2.42 bits per heavy atom. The summed E-state index contributed by atoms with van der Waals surface area (Å²) in [5.41, 5.74) is 1.27. The summed E-state index contributed by atoms with van der Waals surface area (Å²) in [5.74, 6) is 0.532. The van der Waals surface area contributed by atoms with E-state index in [1.54, 1.807) is 34.6 Å². The number of fused-ring (bicyclic) bond motifs is 2. The lowest BCUT2D eigenvalue weighted by atomic mass is 10.2. The number of ether oxygens (including phenoxy) is 3. The number of piperazine rings is 1. The Bertz CT molecular complexity index is 2670. The number of carbonyl (C=O) groups is 2. The Kier molecular flexibility index (Phi) is 11.0. The van der Waals surface area contributed by atoms with Gasteiger partial charge >= 0.3 is 6.18 Å². The molecule has 310 valence electrons. The molecule has 0 radical (unpaired) electrons. The van der Waals surface area contributed by atoms with E-state index in [2.05, 4.69) is 20.4 Å². The van der Waals surface area contributed by atoms with Crippen LogP contribution in [-0.2, 0) is 30.5 Å². The lowest BCUT2D eigenvalue weighted by molar-refractivity contribution is -0.137. The summed E-state index contributed by atoms with van der Waals surface area (Å²) >= 11 is 6.18. The number of amides is 2. The highest BCUT2D eigenvalue weighted by Gasteiger charge is 2.33. The molecule has 1 N–H and O–H groups in total. The molecule has 0 atom stereocenters. The second kappa shape index (κ2) is 16.5. The van der Waals surface area contributed by atoms with Crippen molar-refractivity contribution >= 4 is 40.6 Å². The van der Waals surface area contributed by atoms with Crippen LogP contribution in [0.3, 0.4) is 0 Å². The van der Waals surface area contributed by atoms with Gasteiger partial charge in [-0.1, -0.05) is 48.9 Å². The van der Waals surface area contributed by atoms with Gasteiger partial charge in [0.05, 0.1) is 27.7 Å². The van der Waals surface area contributed by atoms with Gasteiger partial charge in [-0.05, 0) is 55.3 Å². The Labute approximate surface area is 345 Å². The fourth-order valence-corrected chi connectivity index (χ4v) is 7.39. The average Bonchev–Trinajstić information content (AvgIpc) is 3.71. The van der Waals surface area contributed by atoms with E-state index in [-0.39, 0.29) is 84.6 Å². The van der Waals surface area contributed by atoms with Crippen molar-refractivity contribution in [3.63, 3.8) is 0 Å². The molecule has 3 aromatic heterocycles. The third-order valence-electron chi connectivity index (χ3n) is 10.1. The van der Waals surface area contributed by atoms with E-state index in [1.165, 1.54) is 6.33 Å². The molecule has 3 aromatic carbocycles. The first-order valence-corrected chi connectivity index (χ1v) is 19.4. The number of nitrogens with one attached hydrogen (secondary N) is 1. The standard InChI is InChI=1S/C41H37ClF3N9O6/c1-3-30-35(51-13-15-52(16-14-51)38(56)34-36(24(2)46-23-47-34)60-22-25-7-5-4-6-8-25)39(57)54-40(49-37(50-54)26-9-12-31-32(19-26)59-18-17-58-31)53(30)21-33(55)48-29-11-10-27(20-28(29)42)41(43,44)45/h4-12,19-20,23H,3,13-18,21-22H2,1-2H3,(H,48,55). The first-order chi connectivity index (χ1) is 28.9. The highest BCUT2D eigenvalue weighted by Crippen LogP contribution is 2.35. The van der Waals surface area contributed by atoms with Gasteiger partial charge in [-0.25, -0.2) is 9.97 Å². The topological polar surface area (TPSA) is 158 Å². The van der Waals surface area contributed by atoms with Crippen molar-refractivity contribution in [3.8, 4) is 28.6 Å². The van der Waals surface area contributed by atoms with Gasteiger partial charge in [0.15, 0.2) is 28.8 Å². The minimum atomic E-state index is -4.63. The maximum atomic E-state index is 14.5. The van der Waals surface area contributed by atoms with E-state index in [9.17, 15) is 27.6 Å². The summed E-state index contributed by atoms with van der Waals surface area (Å²) in [6.45, 7) is 5.02. The molecule has 1 saturated heterocycles. The molecule has 6 aromatic rings. The first-order valence-electron chi connectivity index (χ1n) is 19.0. The Morgan fingerprint density at radius 1 is 0.950 bits per heavy atom. The maximum Gasteiger partial charge on any atom is 0.416 e. The number of rotatable bonds is 10. The van der Waals surface area contributed by atoms with E-state index < -0.39 is 29.8 Å². The summed E-state index contributed by atoms with van der Waals surface area (Å²) in [7, 11) is 0. The second-order valence-corrected chi connectivity index (χ2v) is 14.4. The molecule has 2 aliphatic heterocycles. The second-order valence-electron chi connectivity index (χ2n) is 14.0. The molecule has 0 aliphatic carbocycles. The summed E-state index contributed by atoms with van der Waals surface area (Å²) in [5, 5.41) is 6.89. The highest BCUT2D eigenvalue weighted by atomic mass is 35.5. The predicted molar refractivity (Wildman–Crippen MR) is 214 cm³/mol. The van der Waals surface area contributed by atoms with Crippen LogP contribution in [-0.4, -0.2) is 85.2 Å². The van der Waals surface area contributed by atoms with Crippen molar-refractivity contribution in [1.82, 2.24) is 34.0 Å². The SMILES string of the molecule is CCc1c(N2CCN(C(=O)c3ncnc(C)c3OCc3ccccc3)CC2)c(=O)n2nc(-c3ccc4c(c3)OCCO4)nc2n1CC(=O)Nc1ccc(C(F)(F)F)cc1Cl. The molecule has 0 saturated carbocycles. The molecule has 19 heteroatoms. The van der Waals surface area contributed by atoms with Gasteiger partial charge in [-0.15, -0.1) is 5.10 Å². The summed E-state index contributed by atoms with van der Waals surface area (Å²) in [6.07, 6.45) is -3.04. The number of nitrogens with zero attached hydrogens (tertiary/aromatic N) is 8. The van der Waals surface area contributed by atoms with Gasteiger partial charge in [-0.2, -0.15) is 22.7 Å². The first kappa shape index (κ1) is 40.1. The van der Waals surface area contributed by atoms with E-state index in [1.807, 2.05) is 42.2 Å². The molecule has 60 heavy (non-hydrogen) atoms. The molecular formula is C41H37ClF3N9O6. The zero-order chi connectivity index (χ0) is 42.1. The van der Waals surface area contributed by atoms with E-state index in [0.29, 0.717) is 41.7 Å². The Morgan fingerprint density at radius 2 is 1.70 bits per heavy atom. The third kappa shape index (κ3) is 8.01. The molecule has 0 bridgehead atoms. The van der Waals surface area contributed by atoms with Crippen molar-refractivity contribution in [1.29, 1.82) is 0 Å². The quantitative estimate of drug-likeness (QED) is 0.177. The van der Waals surface area contributed by atoms with Gasteiger partial charge < -0.3 is 33.9 Å². The number of aryl methyl sites for hydroxylation is 1. The van der Waals surface area contributed by atoms with Crippen molar-refractivity contribution in [2.45, 2.75) is 39.6 Å². The fraction of sp³-hybridized carbons (Fsp3) is 0.293. The van der Waals surface area contributed by atoms with E-state index >= 15 is 0 Å². The van der Waals surface area contributed by atoms with Crippen LogP contribution in [0.2, 0.25) is 5.02 Å². The van der Waals surface area contributed by atoms with Gasteiger partial charge in [0.1, 0.15) is 38.4 Å². The minimum absolute atomic E-state index is 0.0308. The molecule has 8 rings (SSSR count). The van der Waals surface area contributed by atoms with Crippen molar-refractivity contribution < 1.29 is 37.0 Å². The number of hydrogen-bond acceptors (Lipinski definition) is 11. The average molecular weight is 844 g/mol. The number of aromatic nitrogens is 6. The van der Waals surface area contributed by atoms with Crippen LogP contribution in [0.1, 0.15) is 39.9 Å². The molecule has 0 unspecified atom stereocenters. The van der Waals surface area contributed by atoms with Crippen LogP contribution in [0, 0.1) is 6.92 Å². The Balaban J connectivity index is 1.11. The number of anilines is 2. The van der Waals surface area contributed by atoms with Crippen LogP contribution in [0.15, 0.2) is 77.9 Å². The smallest absolute Gasteiger partial charge is 0.416 e. The van der Waals surface area contributed by atoms with Gasteiger partial charge in [0.2, 0.25) is 11.7 Å². The van der Waals surface area contributed by atoms with E-state index in [4.69, 9.17) is 30.8 Å². The van der Waals surface area contributed by atoms with Crippen molar-refractivity contribution in [2.24, 2.45) is 0 Å². The number of carbonyl (C=O) groups excluding carboxylic acids is 2. The van der Waals surface area contributed by atoms with Crippen LogP contribution in [0.4, 0.5) is 24.5 Å².